The molecule has 1 aliphatic heterocycles. The lowest BCUT2D eigenvalue weighted by Crippen LogP contribution is -2.30. The SMILES string of the molecule is CCCCCCCCCC(=O)N1CCCC1c1nc(-c2ccc(OC)cc2)no1. The van der Waals surface area contributed by atoms with Gasteiger partial charge < -0.3 is 14.2 Å². The molecule has 0 bridgehead atoms. The average Bonchev–Trinajstić information content (AvgIpc) is 3.42. The van der Waals surface area contributed by atoms with E-state index in [2.05, 4.69) is 17.1 Å². The minimum Gasteiger partial charge on any atom is -0.497 e. The average molecular weight is 400 g/mol. The van der Waals surface area contributed by atoms with Gasteiger partial charge in [-0.2, -0.15) is 4.98 Å². The van der Waals surface area contributed by atoms with Gasteiger partial charge in [0.2, 0.25) is 17.6 Å². The number of ether oxygens (including phenoxy) is 1. The van der Waals surface area contributed by atoms with Gasteiger partial charge in [0.15, 0.2) is 0 Å². The fraction of sp³-hybridized carbons (Fsp3) is 0.609. The van der Waals surface area contributed by atoms with Crippen LogP contribution >= 0.6 is 0 Å². The first-order chi connectivity index (χ1) is 14.2. The van der Waals surface area contributed by atoms with Gasteiger partial charge in [0.1, 0.15) is 11.8 Å². The van der Waals surface area contributed by atoms with Gasteiger partial charge in [0, 0.05) is 18.5 Å². The number of likely N-dealkylation sites (tertiary alicyclic amines) is 1. The Balaban J connectivity index is 1.52. The van der Waals surface area contributed by atoms with Crippen molar-refractivity contribution in [2.24, 2.45) is 0 Å². The molecule has 6 nitrogen and oxygen atoms in total. The third-order valence-corrected chi connectivity index (χ3v) is 5.64. The first-order valence-electron chi connectivity index (χ1n) is 11.0. The summed E-state index contributed by atoms with van der Waals surface area (Å²) in [5.74, 6) is 2.09. The van der Waals surface area contributed by atoms with Crippen LogP contribution < -0.4 is 4.74 Å². The Labute approximate surface area is 173 Å². The van der Waals surface area contributed by atoms with E-state index in [-0.39, 0.29) is 11.9 Å². The highest BCUT2D eigenvalue weighted by molar-refractivity contribution is 5.76. The second-order valence-electron chi connectivity index (χ2n) is 7.80. The number of carbonyl (C=O) groups is 1. The Morgan fingerprint density at radius 1 is 1.14 bits per heavy atom. The summed E-state index contributed by atoms with van der Waals surface area (Å²) in [7, 11) is 1.64. The van der Waals surface area contributed by atoms with Crippen LogP contribution in [0.5, 0.6) is 5.75 Å². The molecule has 1 unspecified atom stereocenters. The Morgan fingerprint density at radius 2 is 1.86 bits per heavy atom. The predicted molar refractivity (Wildman–Crippen MR) is 113 cm³/mol. The van der Waals surface area contributed by atoms with Gasteiger partial charge >= 0.3 is 0 Å². The first-order valence-corrected chi connectivity index (χ1v) is 11.0. The van der Waals surface area contributed by atoms with Crippen molar-refractivity contribution in [3.63, 3.8) is 0 Å². The molecular weight excluding hydrogens is 366 g/mol. The summed E-state index contributed by atoms with van der Waals surface area (Å²) in [4.78, 5) is 19.2. The van der Waals surface area contributed by atoms with Crippen LogP contribution in [0.25, 0.3) is 11.4 Å². The number of unbranched alkanes of at least 4 members (excludes halogenated alkanes) is 6. The third-order valence-electron chi connectivity index (χ3n) is 5.64. The molecule has 0 aliphatic carbocycles. The second-order valence-corrected chi connectivity index (χ2v) is 7.80. The highest BCUT2D eigenvalue weighted by atomic mass is 16.5. The van der Waals surface area contributed by atoms with E-state index in [1.807, 2.05) is 29.2 Å². The molecule has 6 heteroatoms. The second kappa shape index (κ2) is 11.0. The van der Waals surface area contributed by atoms with Crippen LogP contribution in [0, 0.1) is 0 Å². The lowest BCUT2D eigenvalue weighted by Gasteiger charge is -2.21. The van der Waals surface area contributed by atoms with Gasteiger partial charge in [-0.1, -0.05) is 50.6 Å². The fourth-order valence-electron chi connectivity index (χ4n) is 3.93. The Kier molecular flexibility index (Phi) is 8.08. The molecule has 0 spiro atoms. The Bertz CT molecular complexity index is 757. The van der Waals surface area contributed by atoms with E-state index in [4.69, 9.17) is 9.26 Å². The maximum Gasteiger partial charge on any atom is 0.249 e. The number of benzene rings is 1. The number of methoxy groups -OCH3 is 1. The van der Waals surface area contributed by atoms with E-state index in [0.29, 0.717) is 18.1 Å². The van der Waals surface area contributed by atoms with E-state index >= 15 is 0 Å². The number of hydrogen-bond acceptors (Lipinski definition) is 5. The predicted octanol–water partition coefficient (Wildman–Crippen LogP) is 5.55. The quantitative estimate of drug-likeness (QED) is 0.463. The van der Waals surface area contributed by atoms with E-state index in [0.717, 1.165) is 43.5 Å². The van der Waals surface area contributed by atoms with Crippen molar-refractivity contribution in [2.75, 3.05) is 13.7 Å². The fourth-order valence-corrected chi connectivity index (χ4v) is 3.93. The summed E-state index contributed by atoms with van der Waals surface area (Å²) in [5.41, 5.74) is 0.875. The molecule has 0 saturated carbocycles. The maximum atomic E-state index is 12.7. The van der Waals surface area contributed by atoms with Crippen LogP contribution in [-0.2, 0) is 4.79 Å². The number of aromatic nitrogens is 2. The molecular formula is C23H33N3O3. The van der Waals surface area contributed by atoms with Crippen LogP contribution in [0.2, 0.25) is 0 Å². The summed E-state index contributed by atoms with van der Waals surface area (Å²) in [6.45, 7) is 3.01. The first kappa shape index (κ1) is 21.3. The number of nitrogens with zero attached hydrogens (tertiary/aromatic N) is 3. The van der Waals surface area contributed by atoms with Gasteiger partial charge in [0.05, 0.1) is 7.11 Å². The molecule has 158 valence electrons. The number of hydrogen-bond donors (Lipinski definition) is 0. The molecule has 2 aromatic rings. The maximum absolute atomic E-state index is 12.7. The Hall–Kier alpha value is -2.37. The van der Waals surface area contributed by atoms with E-state index in [1.165, 1.54) is 32.1 Å². The van der Waals surface area contributed by atoms with Gasteiger partial charge in [-0.25, -0.2) is 0 Å². The minimum atomic E-state index is -0.0912. The van der Waals surface area contributed by atoms with Crippen molar-refractivity contribution in [3.8, 4) is 17.1 Å². The van der Waals surface area contributed by atoms with Crippen molar-refractivity contribution in [1.29, 1.82) is 0 Å². The van der Waals surface area contributed by atoms with E-state index in [9.17, 15) is 4.79 Å². The minimum absolute atomic E-state index is 0.0912. The topological polar surface area (TPSA) is 68.5 Å². The molecule has 1 atom stereocenters. The zero-order chi connectivity index (χ0) is 20.5. The highest BCUT2D eigenvalue weighted by Crippen LogP contribution is 2.33. The highest BCUT2D eigenvalue weighted by Gasteiger charge is 2.33. The summed E-state index contributed by atoms with van der Waals surface area (Å²) >= 11 is 0. The van der Waals surface area contributed by atoms with Crippen molar-refractivity contribution in [2.45, 2.75) is 77.2 Å². The van der Waals surface area contributed by atoms with Crippen molar-refractivity contribution in [3.05, 3.63) is 30.2 Å². The smallest absolute Gasteiger partial charge is 0.249 e. The van der Waals surface area contributed by atoms with Gasteiger partial charge in [-0.05, 0) is 43.5 Å². The van der Waals surface area contributed by atoms with Crippen molar-refractivity contribution >= 4 is 5.91 Å². The number of amides is 1. The zero-order valence-electron chi connectivity index (χ0n) is 17.7. The molecule has 2 heterocycles. The summed E-state index contributed by atoms with van der Waals surface area (Å²) < 4.78 is 10.7. The molecule has 29 heavy (non-hydrogen) atoms. The van der Waals surface area contributed by atoms with Crippen molar-refractivity contribution < 1.29 is 14.1 Å². The summed E-state index contributed by atoms with van der Waals surface area (Å²) in [6.07, 6.45) is 11.0. The van der Waals surface area contributed by atoms with Gasteiger partial charge in [-0.3, -0.25) is 4.79 Å². The summed E-state index contributed by atoms with van der Waals surface area (Å²) in [5, 5.41) is 4.13. The van der Waals surface area contributed by atoms with Crippen LogP contribution in [0.4, 0.5) is 0 Å². The normalized spacial score (nSPS) is 16.3. The molecule has 3 rings (SSSR count). The number of carbonyl (C=O) groups excluding carboxylic acids is 1. The van der Waals surface area contributed by atoms with Gasteiger partial charge in [-0.15, -0.1) is 0 Å². The van der Waals surface area contributed by atoms with Gasteiger partial charge in [0.25, 0.3) is 0 Å². The van der Waals surface area contributed by atoms with Crippen molar-refractivity contribution in [1.82, 2.24) is 15.0 Å². The molecule has 1 aromatic carbocycles. The zero-order valence-corrected chi connectivity index (χ0v) is 17.7. The molecule has 0 N–H and O–H groups in total. The lowest BCUT2D eigenvalue weighted by atomic mass is 10.1. The third kappa shape index (κ3) is 5.81. The van der Waals surface area contributed by atoms with Crippen LogP contribution in [-0.4, -0.2) is 34.6 Å². The molecule has 1 amide bonds. The Morgan fingerprint density at radius 3 is 2.59 bits per heavy atom. The standard InChI is InChI=1S/C23H33N3O3/c1-3-4-5-6-7-8-9-12-21(27)26-17-10-11-20(26)23-24-22(25-29-23)18-13-15-19(28-2)16-14-18/h13-16,20H,3-12,17H2,1-2H3. The van der Waals surface area contributed by atoms with E-state index < -0.39 is 0 Å². The monoisotopic (exact) mass is 399 g/mol. The van der Waals surface area contributed by atoms with Crippen LogP contribution in [0.3, 0.4) is 0 Å². The molecule has 0 radical (unpaired) electrons. The number of rotatable bonds is 11. The van der Waals surface area contributed by atoms with Crippen LogP contribution in [0.1, 0.15) is 83.1 Å². The summed E-state index contributed by atoms with van der Waals surface area (Å²) in [6, 6.07) is 7.47. The van der Waals surface area contributed by atoms with Crippen LogP contribution in [0.15, 0.2) is 28.8 Å². The molecule has 1 aromatic heterocycles. The van der Waals surface area contributed by atoms with E-state index in [1.54, 1.807) is 7.11 Å². The largest absolute Gasteiger partial charge is 0.497 e. The lowest BCUT2D eigenvalue weighted by molar-refractivity contribution is -0.132. The molecule has 1 aliphatic rings. The molecule has 1 fully saturated rings. The molecule has 1 saturated heterocycles.